The summed E-state index contributed by atoms with van der Waals surface area (Å²) in [5.74, 6) is 0. The quantitative estimate of drug-likeness (QED) is 0.456. The van der Waals surface area contributed by atoms with E-state index in [0.29, 0.717) is 18.6 Å². The Morgan fingerprint density at radius 3 is 2.25 bits per heavy atom. The van der Waals surface area contributed by atoms with Gasteiger partial charge in [0.25, 0.3) is 0 Å². The van der Waals surface area contributed by atoms with E-state index < -0.39 is 5.60 Å². The molecule has 16 heavy (non-hydrogen) atoms. The summed E-state index contributed by atoms with van der Waals surface area (Å²) < 4.78 is 0. The van der Waals surface area contributed by atoms with Gasteiger partial charge in [-0.3, -0.25) is 0 Å². The monoisotopic (exact) mass is 219 g/mol. The summed E-state index contributed by atoms with van der Waals surface area (Å²) in [6, 6.07) is 9.39. The topological polar surface area (TPSA) is 52.8 Å². The Morgan fingerprint density at radius 1 is 1.06 bits per heavy atom. The second-order valence-electron chi connectivity index (χ2n) is 4.41. The van der Waals surface area contributed by atoms with Crippen LogP contribution >= 0.6 is 0 Å². The first-order valence-electron chi connectivity index (χ1n) is 5.77. The SMILES string of the molecule is O/N=C(/c1ccccc1)C1(O)CCCCC1. The van der Waals surface area contributed by atoms with Gasteiger partial charge in [-0.25, -0.2) is 0 Å². The number of hydrogen-bond donors (Lipinski definition) is 2. The zero-order valence-corrected chi connectivity index (χ0v) is 9.26. The maximum Gasteiger partial charge on any atom is 0.118 e. The maximum absolute atomic E-state index is 10.5. The number of aliphatic hydroxyl groups is 1. The van der Waals surface area contributed by atoms with E-state index in [1.165, 1.54) is 0 Å². The normalized spacial score (nSPS) is 20.7. The number of oxime groups is 1. The summed E-state index contributed by atoms with van der Waals surface area (Å²) in [7, 11) is 0. The largest absolute Gasteiger partial charge is 0.411 e. The van der Waals surface area contributed by atoms with Crippen LogP contribution in [0.15, 0.2) is 35.5 Å². The van der Waals surface area contributed by atoms with Crippen LogP contribution in [0.1, 0.15) is 37.7 Å². The molecule has 0 bridgehead atoms. The fourth-order valence-electron chi connectivity index (χ4n) is 2.39. The highest BCUT2D eigenvalue weighted by Gasteiger charge is 2.36. The third kappa shape index (κ3) is 2.09. The lowest BCUT2D eigenvalue weighted by molar-refractivity contribution is 0.0680. The summed E-state index contributed by atoms with van der Waals surface area (Å²) in [4.78, 5) is 0. The lowest BCUT2D eigenvalue weighted by Gasteiger charge is -2.32. The predicted molar refractivity (Wildman–Crippen MR) is 62.8 cm³/mol. The van der Waals surface area contributed by atoms with Crippen molar-refractivity contribution in [1.29, 1.82) is 0 Å². The minimum atomic E-state index is -0.950. The molecule has 0 saturated heterocycles. The average molecular weight is 219 g/mol. The second-order valence-corrected chi connectivity index (χ2v) is 4.41. The molecule has 1 fully saturated rings. The van der Waals surface area contributed by atoms with Gasteiger partial charge in [-0.05, 0) is 12.8 Å². The molecule has 2 N–H and O–H groups in total. The third-order valence-corrected chi connectivity index (χ3v) is 3.27. The summed E-state index contributed by atoms with van der Waals surface area (Å²) >= 11 is 0. The fourth-order valence-corrected chi connectivity index (χ4v) is 2.39. The van der Waals surface area contributed by atoms with Gasteiger partial charge >= 0.3 is 0 Å². The van der Waals surface area contributed by atoms with Crippen molar-refractivity contribution in [2.75, 3.05) is 0 Å². The molecule has 3 nitrogen and oxygen atoms in total. The molecule has 0 aliphatic heterocycles. The van der Waals surface area contributed by atoms with E-state index in [0.717, 1.165) is 24.8 Å². The Bertz CT molecular complexity index is 367. The van der Waals surface area contributed by atoms with E-state index >= 15 is 0 Å². The summed E-state index contributed by atoms with van der Waals surface area (Å²) in [6.07, 6.45) is 4.49. The highest BCUT2D eigenvalue weighted by atomic mass is 16.4. The molecule has 1 aliphatic carbocycles. The lowest BCUT2D eigenvalue weighted by atomic mass is 9.79. The van der Waals surface area contributed by atoms with Gasteiger partial charge in [0.15, 0.2) is 0 Å². The predicted octanol–water partition coefficient (Wildman–Crippen LogP) is 2.56. The van der Waals surface area contributed by atoms with E-state index in [2.05, 4.69) is 5.16 Å². The van der Waals surface area contributed by atoms with Gasteiger partial charge in [-0.1, -0.05) is 54.8 Å². The Morgan fingerprint density at radius 2 is 1.69 bits per heavy atom. The second kappa shape index (κ2) is 4.66. The van der Waals surface area contributed by atoms with Gasteiger partial charge in [-0.15, -0.1) is 0 Å². The van der Waals surface area contributed by atoms with Crippen LogP contribution < -0.4 is 0 Å². The van der Waals surface area contributed by atoms with Gasteiger partial charge in [-0.2, -0.15) is 0 Å². The highest BCUT2D eigenvalue weighted by molar-refractivity contribution is 6.06. The van der Waals surface area contributed by atoms with E-state index in [-0.39, 0.29) is 0 Å². The molecule has 1 aromatic carbocycles. The van der Waals surface area contributed by atoms with Crippen LogP contribution in [0.2, 0.25) is 0 Å². The van der Waals surface area contributed by atoms with E-state index in [4.69, 9.17) is 5.21 Å². The molecule has 0 atom stereocenters. The number of nitrogens with zero attached hydrogens (tertiary/aromatic N) is 1. The molecule has 0 amide bonds. The zero-order valence-electron chi connectivity index (χ0n) is 9.26. The van der Waals surface area contributed by atoms with Crippen molar-refractivity contribution in [1.82, 2.24) is 0 Å². The van der Waals surface area contributed by atoms with Crippen LogP contribution in [-0.4, -0.2) is 21.6 Å². The van der Waals surface area contributed by atoms with Gasteiger partial charge < -0.3 is 10.3 Å². The van der Waals surface area contributed by atoms with Crippen molar-refractivity contribution >= 4 is 5.71 Å². The third-order valence-electron chi connectivity index (χ3n) is 3.27. The molecule has 0 radical (unpaired) electrons. The molecule has 2 rings (SSSR count). The molecule has 0 unspecified atom stereocenters. The van der Waals surface area contributed by atoms with Crippen LogP contribution in [0.3, 0.4) is 0 Å². The van der Waals surface area contributed by atoms with Crippen molar-refractivity contribution in [2.24, 2.45) is 5.16 Å². The van der Waals surface area contributed by atoms with E-state index in [9.17, 15) is 5.11 Å². The van der Waals surface area contributed by atoms with Gasteiger partial charge in [0.05, 0.1) is 0 Å². The standard InChI is InChI=1S/C13H17NO2/c15-13(9-5-2-6-10-13)12(14-16)11-7-3-1-4-8-11/h1,3-4,7-8,15-16H,2,5-6,9-10H2/b14-12-. The van der Waals surface area contributed by atoms with Crippen LogP contribution in [0.25, 0.3) is 0 Å². The van der Waals surface area contributed by atoms with Crippen LogP contribution in [0.4, 0.5) is 0 Å². The van der Waals surface area contributed by atoms with Gasteiger partial charge in [0.1, 0.15) is 11.3 Å². The summed E-state index contributed by atoms with van der Waals surface area (Å²) in [5.41, 5.74) is 0.260. The first-order chi connectivity index (χ1) is 7.76. The summed E-state index contributed by atoms with van der Waals surface area (Å²) in [6.45, 7) is 0. The lowest BCUT2D eigenvalue weighted by Crippen LogP contribution is -2.41. The smallest absolute Gasteiger partial charge is 0.118 e. The highest BCUT2D eigenvalue weighted by Crippen LogP contribution is 2.31. The first-order valence-corrected chi connectivity index (χ1v) is 5.77. The minimum Gasteiger partial charge on any atom is -0.411 e. The van der Waals surface area contributed by atoms with E-state index in [1.54, 1.807) is 0 Å². The summed E-state index contributed by atoms with van der Waals surface area (Å²) in [5, 5.41) is 22.9. The molecular formula is C13H17NO2. The molecule has 86 valence electrons. The van der Waals surface area contributed by atoms with Crippen LogP contribution in [0, 0.1) is 0 Å². The molecule has 1 aliphatic rings. The average Bonchev–Trinajstić information content (AvgIpc) is 2.32. The Hall–Kier alpha value is -1.35. The van der Waals surface area contributed by atoms with Crippen LogP contribution in [0.5, 0.6) is 0 Å². The number of rotatable bonds is 2. The van der Waals surface area contributed by atoms with Crippen LogP contribution in [-0.2, 0) is 0 Å². The van der Waals surface area contributed by atoms with Crippen molar-refractivity contribution < 1.29 is 10.3 Å². The number of benzene rings is 1. The fraction of sp³-hybridized carbons (Fsp3) is 0.462. The molecule has 1 aromatic rings. The zero-order chi connectivity index (χ0) is 11.4. The Labute approximate surface area is 95.4 Å². The van der Waals surface area contributed by atoms with Crippen molar-refractivity contribution in [3.8, 4) is 0 Å². The minimum absolute atomic E-state index is 0.410. The Kier molecular flexibility index (Phi) is 3.25. The Balaban J connectivity index is 2.29. The first kappa shape index (κ1) is 11.1. The molecule has 0 spiro atoms. The van der Waals surface area contributed by atoms with E-state index in [1.807, 2.05) is 30.3 Å². The van der Waals surface area contributed by atoms with Gasteiger partial charge in [0.2, 0.25) is 0 Å². The maximum atomic E-state index is 10.5. The van der Waals surface area contributed by atoms with Crippen molar-refractivity contribution in [3.05, 3.63) is 35.9 Å². The molecule has 0 heterocycles. The van der Waals surface area contributed by atoms with Crippen molar-refractivity contribution in [2.45, 2.75) is 37.7 Å². The molecule has 0 aromatic heterocycles. The molecule has 3 heteroatoms. The number of hydrogen-bond acceptors (Lipinski definition) is 3. The van der Waals surface area contributed by atoms with Crippen molar-refractivity contribution in [3.63, 3.8) is 0 Å². The molecule has 1 saturated carbocycles. The molecular weight excluding hydrogens is 202 g/mol. The van der Waals surface area contributed by atoms with Gasteiger partial charge in [0, 0.05) is 5.56 Å².